The van der Waals surface area contributed by atoms with Crippen molar-refractivity contribution in [2.45, 2.75) is 83.5 Å². The van der Waals surface area contributed by atoms with E-state index in [-0.39, 0.29) is 0 Å². The van der Waals surface area contributed by atoms with Gasteiger partial charge in [-0.2, -0.15) is 9.65 Å². The number of allylic oxidation sites excluding steroid dienone is 4. The SMILES string of the molecule is CCc1ccc(C2CCC(CCC3CCC(C=CC=C(F)C#N)CC3)CC2)cc1. The number of hydrogen-bond donors (Lipinski definition) is 0. The normalized spacial score (nSPS) is 28.4. The predicted molar refractivity (Wildman–Crippen MR) is 119 cm³/mol. The number of halogens is 1. The van der Waals surface area contributed by atoms with E-state index >= 15 is 0 Å². The van der Waals surface area contributed by atoms with Crippen LogP contribution >= 0.6 is 0 Å². The van der Waals surface area contributed by atoms with Crippen molar-refractivity contribution in [2.24, 2.45) is 17.8 Å². The molecule has 0 radical (unpaired) electrons. The van der Waals surface area contributed by atoms with Crippen molar-refractivity contribution in [3.05, 3.63) is 59.4 Å². The molecule has 0 unspecified atom stereocenters. The first-order chi connectivity index (χ1) is 14.2. The highest BCUT2D eigenvalue weighted by Gasteiger charge is 2.24. The molecule has 2 heteroatoms. The van der Waals surface area contributed by atoms with Crippen molar-refractivity contribution in [2.75, 3.05) is 0 Å². The molecule has 2 aliphatic carbocycles. The molecule has 0 amide bonds. The Morgan fingerprint density at radius 1 is 0.966 bits per heavy atom. The molecule has 0 aromatic heterocycles. The molecule has 156 valence electrons. The highest BCUT2D eigenvalue weighted by atomic mass is 19.1. The lowest BCUT2D eigenvalue weighted by Gasteiger charge is -2.31. The summed E-state index contributed by atoms with van der Waals surface area (Å²) in [6.07, 6.45) is 19.6. The van der Waals surface area contributed by atoms with Gasteiger partial charge in [-0.05, 0) is 98.7 Å². The number of hydrogen-bond acceptors (Lipinski definition) is 1. The number of rotatable bonds is 7. The monoisotopic (exact) mass is 393 g/mol. The lowest BCUT2D eigenvalue weighted by molar-refractivity contribution is 0.246. The fraction of sp³-hybridized carbons (Fsp3) is 0.593. The number of nitriles is 1. The van der Waals surface area contributed by atoms with Gasteiger partial charge in [0.1, 0.15) is 6.07 Å². The molecule has 29 heavy (non-hydrogen) atoms. The molecular formula is C27H36FN. The standard InChI is InChI=1S/C27H36FN/c1-2-21-12-16-25(17-13-21)26-18-14-24(15-19-26)11-10-23-8-6-22(7-9-23)4-3-5-27(28)20-29/h3-5,12-13,16-17,22-24,26H,2,6-11,14-15,18-19H2,1H3. The summed E-state index contributed by atoms with van der Waals surface area (Å²) in [7, 11) is 0. The van der Waals surface area contributed by atoms with Gasteiger partial charge in [-0.3, -0.25) is 0 Å². The second-order valence-electron chi connectivity index (χ2n) is 9.18. The van der Waals surface area contributed by atoms with Crippen LogP contribution < -0.4 is 0 Å². The third-order valence-corrected chi connectivity index (χ3v) is 7.31. The van der Waals surface area contributed by atoms with Crippen LogP contribution in [-0.2, 0) is 6.42 Å². The molecule has 1 aromatic rings. The van der Waals surface area contributed by atoms with Crippen LogP contribution in [0.4, 0.5) is 4.39 Å². The van der Waals surface area contributed by atoms with Gasteiger partial charge in [-0.1, -0.05) is 56.2 Å². The van der Waals surface area contributed by atoms with Crippen LogP contribution in [-0.4, -0.2) is 0 Å². The molecule has 2 aliphatic rings. The van der Waals surface area contributed by atoms with E-state index in [4.69, 9.17) is 5.26 Å². The van der Waals surface area contributed by atoms with Gasteiger partial charge in [0.25, 0.3) is 0 Å². The Balaban J connectivity index is 1.33. The van der Waals surface area contributed by atoms with E-state index in [1.807, 2.05) is 0 Å². The van der Waals surface area contributed by atoms with E-state index in [0.29, 0.717) is 5.92 Å². The topological polar surface area (TPSA) is 23.8 Å². The minimum atomic E-state index is -0.706. The Hall–Kier alpha value is -1.88. The van der Waals surface area contributed by atoms with Crippen molar-refractivity contribution >= 4 is 0 Å². The van der Waals surface area contributed by atoms with Gasteiger partial charge in [-0.25, -0.2) is 0 Å². The van der Waals surface area contributed by atoms with Crippen LogP contribution in [0.3, 0.4) is 0 Å². The summed E-state index contributed by atoms with van der Waals surface area (Å²) >= 11 is 0. The summed E-state index contributed by atoms with van der Waals surface area (Å²) in [5.41, 5.74) is 3.00. The first-order valence-corrected chi connectivity index (χ1v) is 11.7. The molecule has 0 aliphatic heterocycles. The Kier molecular flexibility index (Phi) is 8.53. The zero-order chi connectivity index (χ0) is 20.5. The minimum absolute atomic E-state index is 0.559. The Labute approximate surface area is 176 Å². The number of nitrogens with zero attached hydrogens (tertiary/aromatic N) is 1. The first-order valence-electron chi connectivity index (χ1n) is 11.7. The molecule has 0 bridgehead atoms. The molecule has 0 spiro atoms. The summed E-state index contributed by atoms with van der Waals surface area (Å²) < 4.78 is 12.8. The van der Waals surface area contributed by atoms with Gasteiger partial charge in [0.2, 0.25) is 0 Å². The van der Waals surface area contributed by atoms with E-state index in [1.54, 1.807) is 11.6 Å². The first kappa shape index (κ1) is 21.8. The smallest absolute Gasteiger partial charge is 0.195 e. The highest BCUT2D eigenvalue weighted by Crippen LogP contribution is 2.40. The highest BCUT2D eigenvalue weighted by molar-refractivity contribution is 5.25. The largest absolute Gasteiger partial charge is 0.199 e. The van der Waals surface area contributed by atoms with Gasteiger partial charge >= 0.3 is 0 Å². The van der Waals surface area contributed by atoms with Crippen LogP contribution in [0, 0.1) is 29.1 Å². The maximum Gasteiger partial charge on any atom is 0.199 e. The molecule has 2 saturated carbocycles. The molecule has 2 fully saturated rings. The molecule has 0 heterocycles. The lowest BCUT2D eigenvalue weighted by atomic mass is 9.74. The van der Waals surface area contributed by atoms with Gasteiger partial charge in [0, 0.05) is 0 Å². The zero-order valence-corrected chi connectivity index (χ0v) is 18.0. The van der Waals surface area contributed by atoms with Crippen LogP contribution in [0.15, 0.2) is 48.3 Å². The van der Waals surface area contributed by atoms with Crippen molar-refractivity contribution in [3.63, 3.8) is 0 Å². The Bertz CT molecular complexity index is 708. The maximum atomic E-state index is 12.8. The van der Waals surface area contributed by atoms with Crippen molar-refractivity contribution in [1.82, 2.24) is 0 Å². The molecule has 0 N–H and O–H groups in total. The number of aryl methyl sites for hydroxylation is 1. The molecule has 1 aromatic carbocycles. The van der Waals surface area contributed by atoms with Gasteiger partial charge in [0.15, 0.2) is 5.83 Å². The van der Waals surface area contributed by atoms with Crippen LogP contribution in [0.2, 0.25) is 0 Å². The molecule has 1 nitrogen and oxygen atoms in total. The third kappa shape index (κ3) is 6.84. The quantitative estimate of drug-likeness (QED) is 0.339. The summed E-state index contributed by atoms with van der Waals surface area (Å²) in [4.78, 5) is 0. The summed E-state index contributed by atoms with van der Waals surface area (Å²) in [5, 5.41) is 8.44. The molecule has 0 saturated heterocycles. The minimum Gasteiger partial charge on any atom is -0.195 e. The van der Waals surface area contributed by atoms with E-state index in [9.17, 15) is 4.39 Å². The maximum absolute atomic E-state index is 12.8. The van der Waals surface area contributed by atoms with E-state index < -0.39 is 5.83 Å². The average molecular weight is 394 g/mol. The molecule has 3 rings (SSSR count). The van der Waals surface area contributed by atoms with E-state index in [2.05, 4.69) is 37.3 Å². The average Bonchev–Trinajstić information content (AvgIpc) is 2.79. The van der Waals surface area contributed by atoms with Crippen LogP contribution in [0.5, 0.6) is 0 Å². The van der Waals surface area contributed by atoms with Gasteiger partial charge in [-0.15, -0.1) is 0 Å². The fourth-order valence-electron chi connectivity index (χ4n) is 5.29. The predicted octanol–water partition coefficient (Wildman–Crippen LogP) is 8.04. The van der Waals surface area contributed by atoms with Crippen molar-refractivity contribution in [1.29, 1.82) is 5.26 Å². The summed E-state index contributed by atoms with van der Waals surface area (Å²) in [6.45, 7) is 2.22. The van der Waals surface area contributed by atoms with Crippen LogP contribution in [0.1, 0.15) is 88.2 Å². The van der Waals surface area contributed by atoms with Gasteiger partial charge in [0.05, 0.1) is 0 Å². The number of benzene rings is 1. The summed E-state index contributed by atoms with van der Waals surface area (Å²) in [6, 6.07) is 10.9. The lowest BCUT2D eigenvalue weighted by Crippen LogP contribution is -2.17. The second-order valence-corrected chi connectivity index (χ2v) is 9.18. The molecular weight excluding hydrogens is 357 g/mol. The van der Waals surface area contributed by atoms with Crippen molar-refractivity contribution in [3.8, 4) is 6.07 Å². The van der Waals surface area contributed by atoms with E-state index in [1.165, 1.54) is 81.9 Å². The third-order valence-electron chi connectivity index (χ3n) is 7.31. The Morgan fingerprint density at radius 2 is 1.55 bits per heavy atom. The summed E-state index contributed by atoms with van der Waals surface area (Å²) in [5.74, 6) is 2.44. The van der Waals surface area contributed by atoms with Crippen LogP contribution in [0.25, 0.3) is 0 Å². The van der Waals surface area contributed by atoms with E-state index in [0.717, 1.165) is 24.2 Å². The van der Waals surface area contributed by atoms with Gasteiger partial charge < -0.3 is 0 Å². The second kappa shape index (κ2) is 11.3. The Morgan fingerprint density at radius 3 is 2.10 bits per heavy atom. The van der Waals surface area contributed by atoms with Crippen molar-refractivity contribution < 1.29 is 4.39 Å². The zero-order valence-electron chi connectivity index (χ0n) is 18.0. The fourth-order valence-corrected chi connectivity index (χ4v) is 5.29. The molecule has 0 atom stereocenters.